The number of cyclic esters (lactones) is 1. The van der Waals surface area contributed by atoms with E-state index in [0.717, 1.165) is 26.1 Å². The minimum Gasteiger partial charge on any atom is -0.457 e. The zero-order chi connectivity index (χ0) is 34.9. The molecule has 3 rings (SSSR count). The smallest absolute Gasteiger partial charge is 0.410 e. The van der Waals surface area contributed by atoms with Crippen LogP contribution in [0, 0.1) is 11.8 Å². The van der Waals surface area contributed by atoms with Crippen molar-refractivity contribution < 1.29 is 44.2 Å². The summed E-state index contributed by atoms with van der Waals surface area (Å²) in [6.07, 6.45) is 6.59. The van der Waals surface area contributed by atoms with Gasteiger partial charge in [-0.25, -0.2) is 4.79 Å². The molecular weight excluding hydrogens is 604 g/mol. The highest BCUT2D eigenvalue weighted by Gasteiger charge is 2.47. The van der Waals surface area contributed by atoms with Gasteiger partial charge in [-0.3, -0.25) is 4.79 Å². The van der Waals surface area contributed by atoms with Gasteiger partial charge in [-0.1, -0.05) is 52.0 Å². The molecule has 3 aliphatic rings. The number of esters is 1. The molecule has 11 heteroatoms. The molecule has 0 aromatic carbocycles. The van der Waals surface area contributed by atoms with Crippen LogP contribution >= 0.6 is 0 Å². The monoisotopic (exact) mass is 664 g/mol. The molecule has 2 saturated heterocycles. The summed E-state index contributed by atoms with van der Waals surface area (Å²) in [6, 6.07) is 0. The number of hydrogen-bond donors (Lipinski definition) is 4. The normalized spacial score (nSPS) is 34.4. The molecule has 0 bridgehead atoms. The number of amides is 1. The molecule has 11 nitrogen and oxygen atoms in total. The van der Waals surface area contributed by atoms with E-state index in [-0.39, 0.29) is 43.3 Å². The maximum atomic E-state index is 13.3. The summed E-state index contributed by atoms with van der Waals surface area (Å²) in [5.41, 5.74) is -1.93. The average Bonchev–Trinajstić information content (AvgIpc) is 3.81. The minimum atomic E-state index is -1.48. The molecule has 0 aliphatic carbocycles. The first kappa shape index (κ1) is 39.2. The van der Waals surface area contributed by atoms with Gasteiger partial charge in [-0.05, 0) is 71.2 Å². The number of carbonyl (C=O) groups excluding carboxylic acids is 2. The van der Waals surface area contributed by atoms with Crippen molar-refractivity contribution in [1.82, 2.24) is 9.80 Å². The van der Waals surface area contributed by atoms with Gasteiger partial charge in [-0.2, -0.15) is 0 Å². The Hall–Kier alpha value is -2.28. The topological polar surface area (TPSA) is 153 Å². The summed E-state index contributed by atoms with van der Waals surface area (Å²) in [4.78, 5) is 30.1. The quantitative estimate of drug-likeness (QED) is 0.118. The molecule has 0 spiro atoms. The lowest BCUT2D eigenvalue weighted by molar-refractivity contribution is -0.151. The molecule has 10 unspecified atom stereocenters. The fourth-order valence-corrected chi connectivity index (χ4v) is 6.46. The molecule has 10 atom stereocenters. The van der Waals surface area contributed by atoms with E-state index in [1.54, 1.807) is 49.1 Å². The fourth-order valence-electron chi connectivity index (χ4n) is 6.46. The maximum absolute atomic E-state index is 13.3. The third-order valence-corrected chi connectivity index (χ3v) is 9.89. The van der Waals surface area contributed by atoms with Crippen LogP contribution in [0.4, 0.5) is 4.79 Å². The van der Waals surface area contributed by atoms with Gasteiger partial charge in [0.15, 0.2) is 6.10 Å². The van der Waals surface area contributed by atoms with Crippen molar-refractivity contribution in [2.75, 3.05) is 32.7 Å². The van der Waals surface area contributed by atoms with Gasteiger partial charge in [-0.15, -0.1) is 0 Å². The fraction of sp³-hybridized carbons (Fsp3) is 0.778. The molecular formula is C36H60N2O9. The van der Waals surface area contributed by atoms with Crippen molar-refractivity contribution in [3.05, 3.63) is 36.0 Å². The van der Waals surface area contributed by atoms with E-state index in [9.17, 15) is 30.0 Å². The van der Waals surface area contributed by atoms with Gasteiger partial charge in [0.05, 0.1) is 36.4 Å². The number of rotatable bonds is 10. The summed E-state index contributed by atoms with van der Waals surface area (Å²) in [5.74, 6) is -0.943. The highest BCUT2D eigenvalue weighted by Crippen LogP contribution is 2.37. The highest BCUT2D eigenvalue weighted by molar-refractivity contribution is 5.70. The Morgan fingerprint density at radius 2 is 1.96 bits per heavy atom. The van der Waals surface area contributed by atoms with E-state index in [1.165, 1.54) is 0 Å². The maximum Gasteiger partial charge on any atom is 0.410 e. The third kappa shape index (κ3) is 12.0. The zero-order valence-electron chi connectivity index (χ0n) is 29.5. The molecule has 47 heavy (non-hydrogen) atoms. The molecule has 268 valence electrons. The Bertz CT molecular complexity index is 1120. The van der Waals surface area contributed by atoms with Gasteiger partial charge in [0, 0.05) is 37.9 Å². The van der Waals surface area contributed by atoms with E-state index < -0.39 is 47.7 Å². The predicted octanol–water partition coefficient (Wildman–Crippen LogP) is 3.74. The molecule has 3 heterocycles. The number of aliphatic hydroxyl groups excluding tert-OH is 2. The number of allylic oxidation sites excluding steroid dienone is 2. The van der Waals surface area contributed by atoms with E-state index in [2.05, 4.69) is 11.8 Å². The minimum absolute atomic E-state index is 0.0105. The number of aliphatic hydroxyl groups is 4. The van der Waals surface area contributed by atoms with Crippen molar-refractivity contribution in [3.8, 4) is 0 Å². The van der Waals surface area contributed by atoms with Crippen molar-refractivity contribution in [2.24, 2.45) is 11.8 Å². The van der Waals surface area contributed by atoms with Crippen LogP contribution in [0.1, 0.15) is 87.0 Å². The second kappa shape index (κ2) is 17.4. The van der Waals surface area contributed by atoms with Crippen LogP contribution in [0.25, 0.3) is 0 Å². The Kier molecular flexibility index (Phi) is 14.5. The lowest BCUT2D eigenvalue weighted by atomic mass is 9.88. The Labute approximate surface area is 281 Å². The lowest BCUT2D eigenvalue weighted by Gasteiger charge is -2.34. The summed E-state index contributed by atoms with van der Waals surface area (Å²) < 4.78 is 17.5. The Morgan fingerprint density at radius 1 is 1.23 bits per heavy atom. The van der Waals surface area contributed by atoms with Crippen molar-refractivity contribution in [3.63, 3.8) is 0 Å². The number of nitrogens with zero attached hydrogens (tertiary/aromatic N) is 2. The van der Waals surface area contributed by atoms with Crippen molar-refractivity contribution in [1.29, 1.82) is 0 Å². The molecule has 0 saturated carbocycles. The standard InChI is InChI=1S/C36H60N2O9/c1-8-28(40)26(5)33-29(45-33)23-35(6,43)16-10-12-24(3)32-25(4)13-14-30(36(7,44)17-15-27(39)22-31(41)47-32)46-34(42)38-19-11-18-37(9-2)20-21-38/h10,12-14,16,25-30,32-33,39-40,43-44H,8-9,11,15,17-23H2,1-7H3. The first-order valence-corrected chi connectivity index (χ1v) is 17.4. The number of epoxide rings is 1. The second-order valence-corrected chi connectivity index (χ2v) is 14.3. The van der Waals surface area contributed by atoms with E-state index in [4.69, 9.17) is 14.2 Å². The molecule has 0 radical (unpaired) electrons. The molecule has 4 N–H and O–H groups in total. The second-order valence-electron chi connectivity index (χ2n) is 14.3. The van der Waals surface area contributed by atoms with E-state index in [0.29, 0.717) is 31.5 Å². The van der Waals surface area contributed by atoms with Crippen LogP contribution < -0.4 is 0 Å². The Balaban J connectivity index is 1.75. The summed E-state index contributed by atoms with van der Waals surface area (Å²) in [7, 11) is 0. The van der Waals surface area contributed by atoms with Crippen molar-refractivity contribution in [2.45, 2.75) is 135 Å². The molecule has 1 amide bonds. The van der Waals surface area contributed by atoms with E-state index in [1.807, 2.05) is 27.7 Å². The van der Waals surface area contributed by atoms with Crippen LogP contribution in [0.2, 0.25) is 0 Å². The third-order valence-electron chi connectivity index (χ3n) is 9.89. The van der Waals surface area contributed by atoms with Gasteiger partial charge < -0.3 is 44.4 Å². The lowest BCUT2D eigenvalue weighted by Crippen LogP contribution is -2.45. The van der Waals surface area contributed by atoms with Crippen molar-refractivity contribution >= 4 is 12.1 Å². The summed E-state index contributed by atoms with van der Waals surface area (Å²) in [5, 5.41) is 43.2. The highest BCUT2D eigenvalue weighted by atomic mass is 16.6. The first-order chi connectivity index (χ1) is 22.1. The average molecular weight is 665 g/mol. The van der Waals surface area contributed by atoms with Gasteiger partial charge in [0.25, 0.3) is 0 Å². The van der Waals surface area contributed by atoms with E-state index >= 15 is 0 Å². The largest absolute Gasteiger partial charge is 0.457 e. The van der Waals surface area contributed by atoms with Crippen LogP contribution in [-0.2, 0) is 19.0 Å². The van der Waals surface area contributed by atoms with Crippen LogP contribution in [-0.4, -0.2) is 123 Å². The van der Waals surface area contributed by atoms with Gasteiger partial charge in [0.1, 0.15) is 11.7 Å². The first-order valence-electron chi connectivity index (χ1n) is 17.4. The summed E-state index contributed by atoms with van der Waals surface area (Å²) >= 11 is 0. The van der Waals surface area contributed by atoms with Gasteiger partial charge >= 0.3 is 12.1 Å². The number of hydrogen-bond acceptors (Lipinski definition) is 10. The van der Waals surface area contributed by atoms with Crippen LogP contribution in [0.5, 0.6) is 0 Å². The number of likely N-dealkylation sites (N-methyl/N-ethyl adjacent to an activating group) is 1. The number of carbonyl (C=O) groups is 2. The Morgan fingerprint density at radius 3 is 2.64 bits per heavy atom. The predicted molar refractivity (Wildman–Crippen MR) is 179 cm³/mol. The zero-order valence-corrected chi connectivity index (χ0v) is 29.5. The number of ether oxygens (including phenoxy) is 3. The summed E-state index contributed by atoms with van der Waals surface area (Å²) in [6.45, 7) is 16.6. The molecule has 0 aromatic heterocycles. The van der Waals surface area contributed by atoms with Crippen LogP contribution in [0.3, 0.4) is 0 Å². The van der Waals surface area contributed by atoms with Crippen LogP contribution in [0.15, 0.2) is 36.0 Å². The molecule has 0 aromatic rings. The SMILES string of the molecule is CCC(O)C(C)C1OC1CC(C)(O)C=CC=C(C)C1OC(=O)CC(O)CCC(C)(O)C(OC(=O)N2CCCN(CC)CC2)C=CC1C. The van der Waals surface area contributed by atoms with Gasteiger partial charge in [0.2, 0.25) is 0 Å². The molecule has 3 aliphatic heterocycles. The molecule has 2 fully saturated rings.